The molecule has 1 amide bonds. The third kappa shape index (κ3) is 3.25. The van der Waals surface area contributed by atoms with Crippen molar-refractivity contribution in [2.24, 2.45) is 0 Å². The lowest BCUT2D eigenvalue weighted by atomic mass is 10.1. The zero-order chi connectivity index (χ0) is 14.5. The number of ether oxygens (including phenoxy) is 1. The molecule has 0 aliphatic rings. The molecule has 0 aliphatic heterocycles. The van der Waals surface area contributed by atoms with E-state index in [9.17, 15) is 4.79 Å². The van der Waals surface area contributed by atoms with Crippen LogP contribution in [0.5, 0.6) is 5.75 Å². The summed E-state index contributed by atoms with van der Waals surface area (Å²) in [7, 11) is 1.53. The van der Waals surface area contributed by atoms with Gasteiger partial charge in [-0.05, 0) is 18.2 Å². The van der Waals surface area contributed by atoms with Gasteiger partial charge >= 0.3 is 0 Å². The molecule has 20 heavy (non-hydrogen) atoms. The number of carbonyl (C=O) groups excluding carboxylic acids is 1. The number of nitrogens with two attached hydrogens (primary N) is 1. The Morgan fingerprint density at radius 1 is 1.50 bits per heavy atom. The van der Waals surface area contributed by atoms with Crippen molar-refractivity contribution in [2.75, 3.05) is 19.4 Å². The molecule has 0 saturated heterocycles. The number of aryl methyl sites for hydroxylation is 1. The van der Waals surface area contributed by atoms with Crippen molar-refractivity contribution in [3.63, 3.8) is 0 Å². The minimum atomic E-state index is -0.262. The van der Waals surface area contributed by atoms with Crippen LogP contribution in [-0.2, 0) is 6.42 Å². The van der Waals surface area contributed by atoms with Crippen molar-refractivity contribution in [2.45, 2.75) is 13.3 Å². The molecule has 0 spiro atoms. The molecule has 0 unspecified atom stereocenters. The Kier molecular flexibility index (Phi) is 4.19. The van der Waals surface area contributed by atoms with Gasteiger partial charge in [0.05, 0.1) is 12.7 Å². The van der Waals surface area contributed by atoms with Gasteiger partial charge in [0, 0.05) is 25.6 Å². The van der Waals surface area contributed by atoms with Gasteiger partial charge < -0.3 is 20.3 Å². The van der Waals surface area contributed by atoms with Gasteiger partial charge in [-0.15, -0.1) is 0 Å². The minimum Gasteiger partial charge on any atom is -0.497 e. The Morgan fingerprint density at radius 3 is 2.95 bits per heavy atom. The molecule has 7 nitrogen and oxygen atoms in total. The zero-order valence-corrected chi connectivity index (χ0v) is 11.3. The molecule has 2 rings (SSSR count). The van der Waals surface area contributed by atoms with E-state index in [1.54, 1.807) is 25.1 Å². The molecule has 3 N–H and O–H groups in total. The number of benzene rings is 1. The van der Waals surface area contributed by atoms with Crippen LogP contribution in [-0.4, -0.2) is 29.7 Å². The first-order valence-corrected chi connectivity index (χ1v) is 6.11. The molecular formula is C13H16N4O3. The van der Waals surface area contributed by atoms with Gasteiger partial charge in [0.15, 0.2) is 5.82 Å². The highest BCUT2D eigenvalue weighted by molar-refractivity contribution is 5.99. The summed E-state index contributed by atoms with van der Waals surface area (Å²) in [5, 5.41) is 6.50. The average molecular weight is 276 g/mol. The van der Waals surface area contributed by atoms with Gasteiger partial charge in [-0.3, -0.25) is 4.79 Å². The maximum Gasteiger partial charge on any atom is 0.253 e. The van der Waals surface area contributed by atoms with Crippen LogP contribution in [0.4, 0.5) is 5.69 Å². The molecule has 106 valence electrons. The standard InChI is InChI=1S/C13H16N4O3/c1-8-16-12(17-20-8)5-6-15-13(18)10-7-9(19-2)3-4-11(10)14/h3-4,7H,5-6,14H2,1-2H3,(H,15,18). The number of nitrogen functional groups attached to an aromatic ring is 1. The summed E-state index contributed by atoms with van der Waals surface area (Å²) in [4.78, 5) is 16.1. The lowest BCUT2D eigenvalue weighted by Gasteiger charge is -2.08. The molecule has 2 aromatic rings. The highest BCUT2D eigenvalue weighted by Gasteiger charge is 2.11. The summed E-state index contributed by atoms with van der Waals surface area (Å²) in [6, 6.07) is 4.94. The molecular weight excluding hydrogens is 260 g/mol. The third-order valence-electron chi connectivity index (χ3n) is 2.71. The van der Waals surface area contributed by atoms with E-state index in [0.717, 1.165) is 0 Å². The summed E-state index contributed by atoms with van der Waals surface area (Å²) < 4.78 is 9.91. The van der Waals surface area contributed by atoms with E-state index in [0.29, 0.717) is 41.7 Å². The summed E-state index contributed by atoms with van der Waals surface area (Å²) in [6.07, 6.45) is 0.493. The quantitative estimate of drug-likeness (QED) is 0.788. The number of carbonyl (C=O) groups is 1. The van der Waals surface area contributed by atoms with Crippen LogP contribution in [0.2, 0.25) is 0 Å². The highest BCUT2D eigenvalue weighted by atomic mass is 16.5. The van der Waals surface area contributed by atoms with Gasteiger partial charge in [0.1, 0.15) is 5.75 Å². The second-order valence-corrected chi connectivity index (χ2v) is 4.19. The Balaban J connectivity index is 1.94. The van der Waals surface area contributed by atoms with Crippen molar-refractivity contribution < 1.29 is 14.1 Å². The molecule has 1 aromatic carbocycles. The largest absolute Gasteiger partial charge is 0.497 e. The number of rotatable bonds is 5. The fourth-order valence-corrected chi connectivity index (χ4v) is 1.68. The number of methoxy groups -OCH3 is 1. The Morgan fingerprint density at radius 2 is 2.30 bits per heavy atom. The van der Waals surface area contributed by atoms with E-state index in [1.165, 1.54) is 7.11 Å². The summed E-state index contributed by atoms with van der Waals surface area (Å²) in [5.41, 5.74) is 6.56. The van der Waals surface area contributed by atoms with E-state index in [4.69, 9.17) is 15.0 Å². The van der Waals surface area contributed by atoms with Crippen LogP contribution in [0, 0.1) is 6.92 Å². The molecule has 1 heterocycles. The van der Waals surface area contributed by atoms with Crippen molar-refractivity contribution >= 4 is 11.6 Å². The maximum atomic E-state index is 12.0. The predicted molar refractivity (Wildman–Crippen MR) is 72.5 cm³/mol. The molecule has 0 radical (unpaired) electrons. The highest BCUT2D eigenvalue weighted by Crippen LogP contribution is 2.19. The average Bonchev–Trinajstić information content (AvgIpc) is 2.85. The Bertz CT molecular complexity index is 609. The van der Waals surface area contributed by atoms with E-state index in [-0.39, 0.29) is 5.91 Å². The lowest BCUT2D eigenvalue weighted by Crippen LogP contribution is -2.26. The number of nitrogens with one attached hydrogen (secondary N) is 1. The second-order valence-electron chi connectivity index (χ2n) is 4.19. The third-order valence-corrected chi connectivity index (χ3v) is 2.71. The summed E-state index contributed by atoms with van der Waals surface area (Å²) >= 11 is 0. The fourth-order valence-electron chi connectivity index (χ4n) is 1.68. The molecule has 0 saturated carbocycles. The Hall–Kier alpha value is -2.57. The van der Waals surface area contributed by atoms with Crippen LogP contribution >= 0.6 is 0 Å². The summed E-state index contributed by atoms with van der Waals surface area (Å²) in [5.74, 6) is 1.38. The topological polar surface area (TPSA) is 103 Å². The lowest BCUT2D eigenvalue weighted by molar-refractivity contribution is 0.0954. The van der Waals surface area contributed by atoms with Crippen molar-refractivity contribution in [1.29, 1.82) is 0 Å². The van der Waals surface area contributed by atoms with Gasteiger partial charge in [0.25, 0.3) is 5.91 Å². The van der Waals surface area contributed by atoms with Crippen LogP contribution < -0.4 is 15.8 Å². The molecule has 0 aliphatic carbocycles. The maximum absolute atomic E-state index is 12.0. The van der Waals surface area contributed by atoms with E-state index in [1.807, 2.05) is 0 Å². The van der Waals surface area contributed by atoms with Crippen LogP contribution in [0.1, 0.15) is 22.1 Å². The predicted octanol–water partition coefficient (Wildman–Crippen LogP) is 0.941. The van der Waals surface area contributed by atoms with E-state index < -0.39 is 0 Å². The molecule has 0 fully saturated rings. The number of anilines is 1. The van der Waals surface area contributed by atoms with Crippen LogP contribution in [0.25, 0.3) is 0 Å². The summed E-state index contributed by atoms with van der Waals surface area (Å²) in [6.45, 7) is 2.11. The van der Waals surface area contributed by atoms with Crippen molar-refractivity contribution in [3.8, 4) is 5.75 Å². The van der Waals surface area contributed by atoms with Crippen molar-refractivity contribution in [1.82, 2.24) is 15.5 Å². The first-order chi connectivity index (χ1) is 9.60. The number of nitrogens with zero attached hydrogens (tertiary/aromatic N) is 2. The first-order valence-electron chi connectivity index (χ1n) is 6.11. The molecule has 7 heteroatoms. The Labute approximate surface area is 116 Å². The minimum absolute atomic E-state index is 0.262. The molecule has 0 bridgehead atoms. The fraction of sp³-hybridized carbons (Fsp3) is 0.308. The monoisotopic (exact) mass is 276 g/mol. The van der Waals surface area contributed by atoms with Gasteiger partial charge in [-0.25, -0.2) is 0 Å². The van der Waals surface area contributed by atoms with E-state index >= 15 is 0 Å². The van der Waals surface area contributed by atoms with Crippen molar-refractivity contribution in [3.05, 3.63) is 35.5 Å². The molecule has 1 aromatic heterocycles. The molecule has 0 atom stereocenters. The van der Waals surface area contributed by atoms with E-state index in [2.05, 4.69) is 15.5 Å². The van der Waals surface area contributed by atoms with Gasteiger partial charge in [-0.2, -0.15) is 4.98 Å². The van der Waals surface area contributed by atoms with Gasteiger partial charge in [-0.1, -0.05) is 5.16 Å². The first kappa shape index (κ1) is 13.9. The SMILES string of the molecule is COc1ccc(N)c(C(=O)NCCc2noc(C)n2)c1. The number of hydrogen-bond donors (Lipinski definition) is 2. The smallest absolute Gasteiger partial charge is 0.253 e. The zero-order valence-electron chi connectivity index (χ0n) is 11.3. The number of amides is 1. The second kappa shape index (κ2) is 6.05. The van der Waals surface area contributed by atoms with Crippen LogP contribution in [0.3, 0.4) is 0 Å². The number of aromatic nitrogens is 2. The van der Waals surface area contributed by atoms with Gasteiger partial charge in [0.2, 0.25) is 5.89 Å². The normalized spacial score (nSPS) is 10.3. The van der Waals surface area contributed by atoms with Crippen LogP contribution in [0.15, 0.2) is 22.7 Å². The number of hydrogen-bond acceptors (Lipinski definition) is 6.